The topological polar surface area (TPSA) is 102 Å². The van der Waals surface area contributed by atoms with Crippen LogP contribution in [0.4, 0.5) is 0 Å². The largest absolute Gasteiger partial charge is 0.544 e. The number of ether oxygens (including phenoxy) is 3. The molecule has 0 spiro atoms. The van der Waals surface area contributed by atoms with Crippen LogP contribution in [0.2, 0.25) is 0 Å². The van der Waals surface area contributed by atoms with Gasteiger partial charge in [-0.3, -0.25) is 9.59 Å². The Hall–Kier alpha value is -4.53. The number of carboxylic acid groups (broad SMARTS) is 1. The van der Waals surface area contributed by atoms with Crippen LogP contribution in [0.15, 0.2) is 134 Å². The molecule has 0 radical (unpaired) electrons. The molecule has 0 heterocycles. The summed E-state index contributed by atoms with van der Waals surface area (Å²) in [5.41, 5.74) is 0. The predicted molar refractivity (Wildman–Crippen MR) is 258 cm³/mol. The number of hydrogen-bond donors (Lipinski definition) is 0. The fraction of sp³-hybridized carbons (Fsp3) is 0.537. The maximum absolute atomic E-state index is 12.7. The van der Waals surface area contributed by atoms with Gasteiger partial charge >= 0.3 is 11.9 Å². The molecule has 2 atom stereocenters. The highest BCUT2D eigenvalue weighted by Crippen LogP contribution is 2.12. The van der Waals surface area contributed by atoms with E-state index in [-0.39, 0.29) is 49.1 Å². The van der Waals surface area contributed by atoms with Gasteiger partial charge in [-0.05, 0) is 70.6 Å². The zero-order valence-electron chi connectivity index (χ0n) is 39.2. The summed E-state index contributed by atoms with van der Waals surface area (Å²) in [7, 11) is 5.37. The van der Waals surface area contributed by atoms with Crippen molar-refractivity contribution in [1.82, 2.24) is 0 Å². The van der Waals surface area contributed by atoms with Gasteiger partial charge in [0, 0.05) is 19.3 Å². The van der Waals surface area contributed by atoms with Crippen LogP contribution in [0.3, 0.4) is 0 Å². The van der Waals surface area contributed by atoms with Crippen LogP contribution in [-0.2, 0) is 28.6 Å². The number of hydrogen-bond acceptors (Lipinski definition) is 7. The number of unbranched alkanes of at least 4 members (excludes halogenated alkanes) is 9. The zero-order chi connectivity index (χ0) is 45.6. The second-order valence-corrected chi connectivity index (χ2v) is 16.1. The Morgan fingerprint density at radius 3 is 1.47 bits per heavy atom. The van der Waals surface area contributed by atoms with E-state index in [1.807, 2.05) is 72.9 Å². The van der Waals surface area contributed by atoms with Crippen LogP contribution in [0.5, 0.6) is 0 Å². The normalized spacial score (nSPS) is 14.1. The van der Waals surface area contributed by atoms with Crippen molar-refractivity contribution in [2.24, 2.45) is 0 Å². The Balaban J connectivity index is 4.48. The number of carbonyl (C=O) groups excluding carboxylic acids is 3. The minimum atomic E-state index is -1.14. The highest BCUT2D eigenvalue weighted by Gasteiger charge is 2.25. The standard InChI is InChI=1S/C54H83NO7/c1-6-8-10-12-14-16-18-20-22-24-26-28-30-32-34-36-38-40-42-44-52(56)61-49-50(48-60-47-46-51(54(58)59)55(3,4)5)62-53(57)45-43-41-39-37-35-33-31-29-27-25-23-21-19-17-15-13-11-9-7-2/h8-11,13-17,19-23,25-29,31,33,35,50-51H,6-7,12,18,24,30,32,34,36-49H2,1-5H3/b10-8+,11-9+,15-13+,16-14+,19-17+,22-20+,23-21+,27-25+,28-26+,31-29+,35-33+. The number of rotatable bonds is 39. The van der Waals surface area contributed by atoms with Crippen molar-refractivity contribution in [3.8, 4) is 0 Å². The summed E-state index contributed by atoms with van der Waals surface area (Å²) >= 11 is 0. The summed E-state index contributed by atoms with van der Waals surface area (Å²) in [5, 5.41) is 11.6. The van der Waals surface area contributed by atoms with E-state index in [1.54, 1.807) is 21.1 Å². The molecular formula is C54H83NO7. The van der Waals surface area contributed by atoms with Gasteiger partial charge in [0.1, 0.15) is 12.6 Å². The van der Waals surface area contributed by atoms with Crippen LogP contribution < -0.4 is 5.11 Å². The van der Waals surface area contributed by atoms with Crippen molar-refractivity contribution in [2.75, 3.05) is 41.0 Å². The molecular weight excluding hydrogens is 775 g/mol. The lowest BCUT2D eigenvalue weighted by molar-refractivity contribution is -0.889. The van der Waals surface area contributed by atoms with Gasteiger partial charge in [0.25, 0.3) is 0 Å². The number of aliphatic carboxylic acids is 1. The number of allylic oxidation sites excluding steroid dienone is 22. The summed E-state index contributed by atoms with van der Waals surface area (Å²) in [6.07, 6.45) is 61.8. The molecule has 0 bridgehead atoms. The van der Waals surface area contributed by atoms with Crippen molar-refractivity contribution in [3.05, 3.63) is 134 Å². The van der Waals surface area contributed by atoms with Crippen LogP contribution in [0.25, 0.3) is 0 Å². The van der Waals surface area contributed by atoms with Crippen molar-refractivity contribution in [2.45, 2.75) is 148 Å². The van der Waals surface area contributed by atoms with E-state index in [9.17, 15) is 19.5 Å². The lowest BCUT2D eigenvalue weighted by Gasteiger charge is -2.34. The van der Waals surface area contributed by atoms with Gasteiger partial charge in [-0.25, -0.2) is 0 Å². The van der Waals surface area contributed by atoms with E-state index >= 15 is 0 Å². The summed E-state index contributed by atoms with van der Waals surface area (Å²) in [6.45, 7) is 4.31. The molecule has 0 amide bonds. The molecule has 0 aliphatic heterocycles. The molecule has 0 aliphatic carbocycles. The molecule has 346 valence electrons. The molecule has 0 aromatic carbocycles. The molecule has 0 saturated heterocycles. The number of likely N-dealkylation sites (N-methyl/N-ethyl adjacent to an activating group) is 1. The van der Waals surface area contributed by atoms with Gasteiger partial charge < -0.3 is 28.6 Å². The number of carbonyl (C=O) groups is 3. The first-order chi connectivity index (χ1) is 30.1. The average molecular weight is 858 g/mol. The SMILES string of the molecule is CC/C=C/C=C/C=C/C=C/C=C/C=C/C=C/CCCCCC(=O)OC(COCCC(C(=O)[O-])[N+](C)(C)C)COC(=O)CCCCCCCC/C=C/C/C=C/C/C=C/C/C=C/CC. The van der Waals surface area contributed by atoms with Gasteiger partial charge in [0.2, 0.25) is 0 Å². The van der Waals surface area contributed by atoms with Gasteiger partial charge in [0.15, 0.2) is 6.10 Å². The first-order valence-corrected chi connectivity index (χ1v) is 23.3. The minimum Gasteiger partial charge on any atom is -0.544 e. The lowest BCUT2D eigenvalue weighted by Crippen LogP contribution is -2.55. The first-order valence-electron chi connectivity index (χ1n) is 23.3. The fourth-order valence-corrected chi connectivity index (χ4v) is 5.93. The quantitative estimate of drug-likeness (QED) is 0.0199. The molecule has 0 N–H and O–H groups in total. The molecule has 0 fully saturated rings. The third-order valence-electron chi connectivity index (χ3n) is 9.48. The van der Waals surface area contributed by atoms with E-state index in [4.69, 9.17) is 14.2 Å². The smallest absolute Gasteiger partial charge is 0.306 e. The van der Waals surface area contributed by atoms with Gasteiger partial charge in [-0.2, -0.15) is 0 Å². The van der Waals surface area contributed by atoms with E-state index in [0.717, 1.165) is 83.5 Å². The maximum atomic E-state index is 12.7. The summed E-state index contributed by atoms with van der Waals surface area (Å²) in [5.74, 6) is -1.84. The van der Waals surface area contributed by atoms with Gasteiger partial charge in [-0.1, -0.05) is 180 Å². The third-order valence-corrected chi connectivity index (χ3v) is 9.48. The summed E-state index contributed by atoms with van der Waals surface area (Å²) in [6, 6.07) is -0.747. The Morgan fingerprint density at radius 1 is 0.500 bits per heavy atom. The van der Waals surface area contributed by atoms with E-state index in [1.165, 1.54) is 12.8 Å². The Bertz CT molecular complexity index is 1470. The molecule has 0 aromatic heterocycles. The van der Waals surface area contributed by atoms with Crippen LogP contribution in [0.1, 0.15) is 136 Å². The number of nitrogens with zero attached hydrogens (tertiary/aromatic N) is 1. The zero-order valence-corrected chi connectivity index (χ0v) is 39.2. The molecule has 8 nitrogen and oxygen atoms in total. The van der Waals surface area contributed by atoms with Crippen molar-refractivity contribution in [3.63, 3.8) is 0 Å². The monoisotopic (exact) mass is 858 g/mol. The summed E-state index contributed by atoms with van der Waals surface area (Å²) < 4.78 is 17.1. The van der Waals surface area contributed by atoms with Crippen LogP contribution in [0, 0.1) is 0 Å². The highest BCUT2D eigenvalue weighted by atomic mass is 16.6. The molecule has 62 heavy (non-hydrogen) atoms. The van der Waals surface area contributed by atoms with E-state index < -0.39 is 18.1 Å². The average Bonchev–Trinajstić information content (AvgIpc) is 3.23. The predicted octanol–water partition coefficient (Wildman–Crippen LogP) is 11.9. The second kappa shape index (κ2) is 43.1. The van der Waals surface area contributed by atoms with Gasteiger partial charge in [0.05, 0.1) is 40.3 Å². The van der Waals surface area contributed by atoms with Crippen molar-refractivity contribution < 1.29 is 38.2 Å². The third kappa shape index (κ3) is 40.9. The molecule has 2 unspecified atom stereocenters. The van der Waals surface area contributed by atoms with Crippen molar-refractivity contribution in [1.29, 1.82) is 0 Å². The Kier molecular flexibility index (Phi) is 40.0. The Morgan fingerprint density at radius 2 is 0.935 bits per heavy atom. The highest BCUT2D eigenvalue weighted by molar-refractivity contribution is 5.70. The molecule has 0 saturated carbocycles. The van der Waals surface area contributed by atoms with Crippen LogP contribution >= 0.6 is 0 Å². The maximum Gasteiger partial charge on any atom is 0.306 e. The molecule has 0 aliphatic rings. The molecule has 0 rings (SSSR count). The number of quaternary nitrogens is 1. The van der Waals surface area contributed by atoms with Crippen LogP contribution in [-0.4, -0.2) is 75.5 Å². The first kappa shape index (κ1) is 57.5. The number of esters is 2. The number of carboxylic acids is 1. The van der Waals surface area contributed by atoms with Crippen molar-refractivity contribution >= 4 is 17.9 Å². The lowest BCUT2D eigenvalue weighted by atomic mass is 10.1. The molecule has 0 aromatic rings. The van der Waals surface area contributed by atoms with E-state index in [2.05, 4.69) is 74.6 Å². The van der Waals surface area contributed by atoms with E-state index in [0.29, 0.717) is 12.8 Å². The fourth-order valence-electron chi connectivity index (χ4n) is 5.93. The Labute approximate surface area is 377 Å². The molecule has 8 heteroatoms. The summed E-state index contributed by atoms with van der Waals surface area (Å²) in [4.78, 5) is 37.0. The van der Waals surface area contributed by atoms with Gasteiger partial charge in [-0.15, -0.1) is 0 Å². The second-order valence-electron chi connectivity index (χ2n) is 16.1. The minimum absolute atomic E-state index is 0.00643.